The monoisotopic (exact) mass is 324 g/mol. The maximum absolute atomic E-state index is 12.5. The molecule has 22 heavy (non-hydrogen) atoms. The van der Waals surface area contributed by atoms with Crippen molar-refractivity contribution >= 4 is 15.7 Å². The molecular weight excluding hydrogens is 308 g/mol. The van der Waals surface area contributed by atoms with E-state index >= 15 is 0 Å². The van der Waals surface area contributed by atoms with Crippen LogP contribution in [0.1, 0.15) is 12.6 Å². The van der Waals surface area contributed by atoms with Gasteiger partial charge in [0.15, 0.2) is 0 Å². The molecular formula is C13H16N4O4S. The number of aryl methyl sites for hydroxylation is 1. The van der Waals surface area contributed by atoms with E-state index < -0.39 is 14.9 Å². The van der Waals surface area contributed by atoms with E-state index in [1.54, 1.807) is 16.9 Å². The molecule has 0 atom stereocenters. The summed E-state index contributed by atoms with van der Waals surface area (Å²) in [6.07, 6.45) is 1.60. The number of aromatic nitrogens is 2. The second kappa shape index (κ2) is 6.24. The zero-order valence-corrected chi connectivity index (χ0v) is 13.0. The number of nitro benzene ring substituents is 1. The van der Waals surface area contributed by atoms with E-state index in [4.69, 9.17) is 0 Å². The van der Waals surface area contributed by atoms with E-state index in [-0.39, 0.29) is 17.1 Å². The first-order chi connectivity index (χ1) is 10.4. The molecule has 9 heteroatoms. The van der Waals surface area contributed by atoms with Gasteiger partial charge in [-0.2, -0.15) is 9.40 Å². The van der Waals surface area contributed by atoms with Gasteiger partial charge in [-0.3, -0.25) is 14.8 Å². The number of hydrogen-bond acceptors (Lipinski definition) is 5. The van der Waals surface area contributed by atoms with Gasteiger partial charge < -0.3 is 0 Å². The Balaban J connectivity index is 2.29. The highest BCUT2D eigenvalue weighted by atomic mass is 32.2. The molecule has 1 aromatic heterocycles. The van der Waals surface area contributed by atoms with Crippen LogP contribution in [0.2, 0.25) is 0 Å². The minimum Gasteiger partial charge on any atom is -0.269 e. The molecule has 2 rings (SSSR count). The summed E-state index contributed by atoms with van der Waals surface area (Å²) < 4.78 is 27.9. The Morgan fingerprint density at radius 3 is 2.73 bits per heavy atom. The molecule has 0 bridgehead atoms. The van der Waals surface area contributed by atoms with Gasteiger partial charge in [-0.1, -0.05) is 6.07 Å². The Labute approximate surface area is 128 Å². The van der Waals surface area contributed by atoms with Crippen molar-refractivity contribution in [1.82, 2.24) is 14.1 Å². The van der Waals surface area contributed by atoms with Gasteiger partial charge in [0, 0.05) is 31.9 Å². The molecule has 0 spiro atoms. The zero-order chi connectivity index (χ0) is 16.3. The summed E-state index contributed by atoms with van der Waals surface area (Å²) in [6, 6.07) is 6.75. The topological polar surface area (TPSA) is 98.3 Å². The molecule has 8 nitrogen and oxygen atoms in total. The highest BCUT2D eigenvalue weighted by molar-refractivity contribution is 7.89. The van der Waals surface area contributed by atoms with Gasteiger partial charge in [0.2, 0.25) is 10.0 Å². The third-order valence-electron chi connectivity index (χ3n) is 3.23. The molecule has 0 aliphatic rings. The fourth-order valence-corrected chi connectivity index (χ4v) is 3.21. The first kappa shape index (κ1) is 16.1. The summed E-state index contributed by atoms with van der Waals surface area (Å²) >= 11 is 0. The van der Waals surface area contributed by atoms with Crippen LogP contribution < -0.4 is 0 Å². The first-order valence-corrected chi connectivity index (χ1v) is 8.01. The van der Waals surface area contributed by atoms with Crippen LogP contribution in [0.4, 0.5) is 5.69 Å². The quantitative estimate of drug-likeness (QED) is 0.594. The van der Waals surface area contributed by atoms with Crippen molar-refractivity contribution < 1.29 is 13.3 Å². The van der Waals surface area contributed by atoms with E-state index in [1.165, 1.54) is 25.2 Å². The van der Waals surface area contributed by atoms with Gasteiger partial charge in [0.1, 0.15) is 0 Å². The maximum atomic E-state index is 12.5. The van der Waals surface area contributed by atoms with Crippen LogP contribution in [0, 0.1) is 10.1 Å². The predicted molar refractivity (Wildman–Crippen MR) is 79.7 cm³/mol. The van der Waals surface area contributed by atoms with Crippen LogP contribution in [0.15, 0.2) is 41.4 Å². The van der Waals surface area contributed by atoms with Crippen LogP contribution in [0.25, 0.3) is 0 Å². The normalized spacial score (nSPS) is 11.8. The van der Waals surface area contributed by atoms with E-state index in [0.29, 0.717) is 6.54 Å². The number of nitrogens with zero attached hydrogens (tertiary/aromatic N) is 4. The second-order valence-corrected chi connectivity index (χ2v) is 6.70. The van der Waals surface area contributed by atoms with E-state index in [2.05, 4.69) is 5.10 Å². The van der Waals surface area contributed by atoms with Gasteiger partial charge in [0.05, 0.1) is 22.1 Å². The molecule has 0 saturated heterocycles. The fraction of sp³-hybridized carbons (Fsp3) is 0.308. The Morgan fingerprint density at radius 1 is 1.36 bits per heavy atom. The molecule has 0 aliphatic carbocycles. The highest BCUT2D eigenvalue weighted by Gasteiger charge is 2.23. The van der Waals surface area contributed by atoms with Crippen molar-refractivity contribution in [3.05, 3.63) is 52.3 Å². The third-order valence-corrected chi connectivity index (χ3v) is 5.02. The van der Waals surface area contributed by atoms with Gasteiger partial charge in [-0.05, 0) is 19.1 Å². The van der Waals surface area contributed by atoms with Gasteiger partial charge in [-0.15, -0.1) is 0 Å². The standard InChI is InChI=1S/C13H16N4O4S/c1-3-16-12(7-8-14-16)10-15(2)22(20,21)13-6-4-5-11(9-13)17(18)19/h4-9H,3,10H2,1-2H3. The summed E-state index contributed by atoms with van der Waals surface area (Å²) in [4.78, 5) is 10.1. The van der Waals surface area contributed by atoms with Crippen LogP contribution in [0.5, 0.6) is 0 Å². The number of nitro groups is 1. The summed E-state index contributed by atoms with van der Waals surface area (Å²) in [7, 11) is -2.38. The van der Waals surface area contributed by atoms with Crippen LogP contribution >= 0.6 is 0 Å². The van der Waals surface area contributed by atoms with Crippen molar-refractivity contribution in [1.29, 1.82) is 0 Å². The minimum absolute atomic E-state index is 0.105. The summed E-state index contributed by atoms with van der Waals surface area (Å²) in [6.45, 7) is 2.68. The van der Waals surface area contributed by atoms with E-state index in [1.807, 2.05) is 6.92 Å². The largest absolute Gasteiger partial charge is 0.270 e. The highest BCUT2D eigenvalue weighted by Crippen LogP contribution is 2.21. The minimum atomic E-state index is -3.81. The van der Waals surface area contributed by atoms with Gasteiger partial charge >= 0.3 is 0 Å². The van der Waals surface area contributed by atoms with Gasteiger partial charge in [-0.25, -0.2) is 8.42 Å². The lowest BCUT2D eigenvalue weighted by Crippen LogP contribution is -2.27. The summed E-state index contributed by atoms with van der Waals surface area (Å²) in [5.74, 6) is 0. The lowest BCUT2D eigenvalue weighted by molar-refractivity contribution is -0.385. The number of sulfonamides is 1. The average Bonchev–Trinajstić information content (AvgIpc) is 2.94. The lowest BCUT2D eigenvalue weighted by atomic mass is 10.3. The molecule has 0 saturated carbocycles. The summed E-state index contributed by atoms with van der Waals surface area (Å²) in [5, 5.41) is 14.9. The number of rotatable bonds is 6. The van der Waals surface area contributed by atoms with Crippen LogP contribution in [-0.4, -0.2) is 34.5 Å². The Kier molecular flexibility index (Phi) is 4.57. The Morgan fingerprint density at radius 2 is 2.09 bits per heavy atom. The molecule has 1 heterocycles. The molecule has 0 fully saturated rings. The van der Waals surface area contributed by atoms with Crippen molar-refractivity contribution in [3.8, 4) is 0 Å². The van der Waals surface area contributed by atoms with Gasteiger partial charge in [0.25, 0.3) is 5.69 Å². The molecule has 0 amide bonds. The second-order valence-electron chi connectivity index (χ2n) is 4.65. The predicted octanol–water partition coefficient (Wildman–Crippen LogP) is 1.63. The maximum Gasteiger partial charge on any atom is 0.270 e. The first-order valence-electron chi connectivity index (χ1n) is 6.57. The molecule has 0 N–H and O–H groups in total. The number of benzene rings is 1. The van der Waals surface area contributed by atoms with Crippen LogP contribution in [0.3, 0.4) is 0 Å². The molecule has 1 aromatic carbocycles. The van der Waals surface area contributed by atoms with E-state index in [0.717, 1.165) is 16.1 Å². The third kappa shape index (κ3) is 3.15. The van der Waals surface area contributed by atoms with Crippen molar-refractivity contribution in [2.24, 2.45) is 0 Å². The van der Waals surface area contributed by atoms with E-state index in [9.17, 15) is 18.5 Å². The molecule has 0 radical (unpaired) electrons. The zero-order valence-electron chi connectivity index (χ0n) is 12.2. The molecule has 2 aromatic rings. The Bertz CT molecular complexity index is 785. The lowest BCUT2D eigenvalue weighted by Gasteiger charge is -2.17. The molecule has 0 unspecified atom stereocenters. The average molecular weight is 324 g/mol. The van der Waals surface area contributed by atoms with Crippen molar-refractivity contribution in [2.45, 2.75) is 24.9 Å². The smallest absolute Gasteiger partial charge is 0.269 e. The van der Waals surface area contributed by atoms with Crippen molar-refractivity contribution in [3.63, 3.8) is 0 Å². The summed E-state index contributed by atoms with van der Waals surface area (Å²) in [5.41, 5.74) is 0.493. The van der Waals surface area contributed by atoms with Crippen molar-refractivity contribution in [2.75, 3.05) is 7.05 Å². The molecule has 118 valence electrons. The van der Waals surface area contributed by atoms with Crippen LogP contribution in [-0.2, 0) is 23.1 Å². The SMILES string of the molecule is CCn1nccc1CN(C)S(=O)(=O)c1cccc([N+](=O)[O-])c1. The fourth-order valence-electron chi connectivity index (χ4n) is 2.03. The number of hydrogen-bond donors (Lipinski definition) is 0. The Hall–Kier alpha value is -2.26. The molecule has 0 aliphatic heterocycles. The number of non-ortho nitro benzene ring substituents is 1.